The van der Waals surface area contributed by atoms with Gasteiger partial charge in [0.2, 0.25) is 0 Å². The maximum atomic E-state index is 12.0. The Balaban J connectivity index is 2.57. The van der Waals surface area contributed by atoms with E-state index in [1.165, 1.54) is 22.9 Å². The molecule has 0 saturated heterocycles. The monoisotopic (exact) mass is 248 g/mol. The van der Waals surface area contributed by atoms with Crippen molar-refractivity contribution >= 4 is 16.6 Å². The van der Waals surface area contributed by atoms with Crippen LogP contribution < -0.4 is 5.56 Å². The summed E-state index contributed by atoms with van der Waals surface area (Å²) in [7, 11) is 0. The summed E-state index contributed by atoms with van der Waals surface area (Å²) in [6, 6.07) is 3.99. The van der Waals surface area contributed by atoms with Gasteiger partial charge in [-0.25, -0.2) is 4.68 Å². The van der Waals surface area contributed by atoms with Crippen LogP contribution in [0.2, 0.25) is 0 Å². The molecule has 1 heterocycles. The van der Waals surface area contributed by atoms with E-state index in [0.717, 1.165) is 12.8 Å². The van der Waals surface area contributed by atoms with E-state index < -0.39 is 4.92 Å². The number of nitro benzene ring substituents is 1. The zero-order valence-electron chi connectivity index (χ0n) is 9.87. The smallest absolute Gasteiger partial charge is 0.267 e. The molecule has 0 amide bonds. The third kappa shape index (κ3) is 2.20. The SMILES string of the molecule is CCCCn1nnc2ccc([N+](=O)[O-])cc2c1=O. The number of unbranched alkanes of at least 4 members (excludes halogenated alkanes) is 1. The van der Waals surface area contributed by atoms with Crippen LogP contribution in [0.1, 0.15) is 19.8 Å². The van der Waals surface area contributed by atoms with Gasteiger partial charge in [-0.2, -0.15) is 0 Å². The average Bonchev–Trinajstić information content (AvgIpc) is 2.37. The summed E-state index contributed by atoms with van der Waals surface area (Å²) >= 11 is 0. The van der Waals surface area contributed by atoms with E-state index >= 15 is 0 Å². The van der Waals surface area contributed by atoms with Gasteiger partial charge in [0, 0.05) is 18.7 Å². The fourth-order valence-electron chi connectivity index (χ4n) is 1.63. The molecule has 0 atom stereocenters. The van der Waals surface area contributed by atoms with Gasteiger partial charge in [-0.3, -0.25) is 14.9 Å². The number of benzene rings is 1. The highest BCUT2D eigenvalue weighted by atomic mass is 16.6. The highest BCUT2D eigenvalue weighted by Gasteiger charge is 2.11. The Morgan fingerprint density at radius 3 is 2.89 bits per heavy atom. The Morgan fingerprint density at radius 2 is 2.22 bits per heavy atom. The van der Waals surface area contributed by atoms with Crippen molar-refractivity contribution in [3.05, 3.63) is 38.7 Å². The number of aryl methyl sites for hydroxylation is 1. The molecule has 0 bridgehead atoms. The minimum Gasteiger partial charge on any atom is -0.267 e. The Labute approximate surface area is 102 Å². The molecule has 94 valence electrons. The molecule has 2 rings (SSSR count). The maximum absolute atomic E-state index is 12.0. The van der Waals surface area contributed by atoms with Crippen molar-refractivity contribution in [3.8, 4) is 0 Å². The van der Waals surface area contributed by atoms with E-state index in [1.54, 1.807) is 0 Å². The van der Waals surface area contributed by atoms with Gasteiger partial charge in [0.15, 0.2) is 0 Å². The van der Waals surface area contributed by atoms with Gasteiger partial charge in [-0.1, -0.05) is 18.6 Å². The second-order valence-electron chi connectivity index (χ2n) is 3.93. The van der Waals surface area contributed by atoms with E-state index in [4.69, 9.17) is 0 Å². The topological polar surface area (TPSA) is 90.9 Å². The predicted molar refractivity (Wildman–Crippen MR) is 65.4 cm³/mol. The predicted octanol–water partition coefficient (Wildman–Crippen LogP) is 1.50. The number of nitro groups is 1. The van der Waals surface area contributed by atoms with Gasteiger partial charge < -0.3 is 0 Å². The first-order valence-corrected chi connectivity index (χ1v) is 5.65. The van der Waals surface area contributed by atoms with E-state index in [9.17, 15) is 14.9 Å². The molecule has 1 aromatic heterocycles. The highest BCUT2D eigenvalue weighted by Crippen LogP contribution is 2.15. The molecule has 0 aliphatic heterocycles. The summed E-state index contributed by atoms with van der Waals surface area (Å²) in [5.41, 5.74) is -0.0786. The highest BCUT2D eigenvalue weighted by molar-refractivity contribution is 5.79. The van der Waals surface area contributed by atoms with Crippen LogP contribution in [-0.2, 0) is 6.54 Å². The molecule has 7 nitrogen and oxygen atoms in total. The number of hydrogen-bond donors (Lipinski definition) is 0. The van der Waals surface area contributed by atoms with Crippen LogP contribution in [0.25, 0.3) is 10.9 Å². The number of fused-ring (bicyclic) bond motifs is 1. The molecular weight excluding hydrogens is 236 g/mol. The molecule has 7 heteroatoms. The van der Waals surface area contributed by atoms with Gasteiger partial charge in [-0.05, 0) is 12.5 Å². The lowest BCUT2D eigenvalue weighted by Gasteiger charge is -2.03. The second kappa shape index (κ2) is 4.91. The molecule has 0 aliphatic carbocycles. The normalized spacial score (nSPS) is 10.7. The molecule has 0 aliphatic rings. The van der Waals surface area contributed by atoms with Crippen molar-refractivity contribution in [2.45, 2.75) is 26.3 Å². The quantitative estimate of drug-likeness (QED) is 0.604. The molecule has 0 N–H and O–H groups in total. The third-order valence-corrected chi connectivity index (χ3v) is 2.64. The second-order valence-corrected chi connectivity index (χ2v) is 3.93. The van der Waals surface area contributed by atoms with Gasteiger partial charge in [-0.15, -0.1) is 5.10 Å². The summed E-state index contributed by atoms with van der Waals surface area (Å²) in [5, 5.41) is 18.6. The van der Waals surface area contributed by atoms with Crippen molar-refractivity contribution in [2.24, 2.45) is 0 Å². The largest absolute Gasteiger partial charge is 0.277 e. The van der Waals surface area contributed by atoms with Crippen molar-refractivity contribution in [2.75, 3.05) is 0 Å². The maximum Gasteiger partial charge on any atom is 0.277 e. The molecule has 2 aromatic rings. The Bertz CT molecular complexity index is 650. The molecular formula is C11H12N4O3. The van der Waals surface area contributed by atoms with E-state index in [2.05, 4.69) is 10.3 Å². The first kappa shape index (κ1) is 12.2. The van der Waals surface area contributed by atoms with Crippen LogP contribution in [0.15, 0.2) is 23.0 Å². The zero-order chi connectivity index (χ0) is 13.1. The first-order valence-electron chi connectivity index (χ1n) is 5.65. The van der Waals surface area contributed by atoms with Gasteiger partial charge >= 0.3 is 0 Å². The van der Waals surface area contributed by atoms with Crippen LogP contribution >= 0.6 is 0 Å². The summed E-state index contributed by atoms with van der Waals surface area (Å²) in [4.78, 5) is 22.2. The molecule has 0 fully saturated rings. The average molecular weight is 248 g/mol. The summed E-state index contributed by atoms with van der Waals surface area (Å²) < 4.78 is 1.25. The molecule has 18 heavy (non-hydrogen) atoms. The number of hydrogen-bond acceptors (Lipinski definition) is 5. The van der Waals surface area contributed by atoms with E-state index in [-0.39, 0.29) is 16.6 Å². The van der Waals surface area contributed by atoms with Gasteiger partial charge in [0.25, 0.3) is 11.2 Å². The van der Waals surface area contributed by atoms with Crippen LogP contribution in [0.5, 0.6) is 0 Å². The summed E-state index contributed by atoms with van der Waals surface area (Å²) in [6.07, 6.45) is 1.75. The van der Waals surface area contributed by atoms with Crippen molar-refractivity contribution < 1.29 is 4.92 Å². The Hall–Kier alpha value is -2.31. The lowest BCUT2D eigenvalue weighted by molar-refractivity contribution is -0.384. The van der Waals surface area contributed by atoms with Crippen LogP contribution in [-0.4, -0.2) is 19.9 Å². The minimum absolute atomic E-state index is 0.116. The Kier molecular flexibility index (Phi) is 3.31. The Morgan fingerprint density at radius 1 is 1.44 bits per heavy atom. The number of aromatic nitrogens is 3. The van der Waals surface area contributed by atoms with Crippen molar-refractivity contribution in [1.82, 2.24) is 15.0 Å². The molecule has 0 spiro atoms. The lowest BCUT2D eigenvalue weighted by Crippen LogP contribution is -2.24. The minimum atomic E-state index is -0.532. The van der Waals surface area contributed by atoms with Gasteiger partial charge in [0.05, 0.1) is 10.3 Å². The fourth-order valence-corrected chi connectivity index (χ4v) is 1.63. The summed E-state index contributed by atoms with van der Waals surface area (Å²) in [5.74, 6) is 0. The molecule has 0 saturated carbocycles. The van der Waals surface area contributed by atoms with Crippen molar-refractivity contribution in [3.63, 3.8) is 0 Å². The van der Waals surface area contributed by atoms with Crippen LogP contribution in [0, 0.1) is 10.1 Å². The summed E-state index contributed by atoms with van der Waals surface area (Å²) in [6.45, 7) is 2.48. The van der Waals surface area contributed by atoms with Crippen molar-refractivity contribution in [1.29, 1.82) is 0 Å². The zero-order valence-corrected chi connectivity index (χ0v) is 9.87. The lowest BCUT2D eigenvalue weighted by atomic mass is 10.2. The standard InChI is InChI=1S/C11H12N4O3/c1-2-3-6-14-11(16)9-7-8(15(17)18)4-5-10(9)12-13-14/h4-5,7H,2-3,6H2,1H3. The van der Waals surface area contributed by atoms with Gasteiger partial charge in [0.1, 0.15) is 5.52 Å². The van der Waals surface area contributed by atoms with E-state index in [1.807, 2.05) is 6.92 Å². The molecule has 1 aromatic carbocycles. The van der Waals surface area contributed by atoms with Crippen LogP contribution in [0.4, 0.5) is 5.69 Å². The fraction of sp³-hybridized carbons (Fsp3) is 0.364. The molecule has 0 unspecified atom stereocenters. The number of non-ortho nitro benzene ring substituents is 1. The van der Waals surface area contributed by atoms with Crippen LogP contribution in [0.3, 0.4) is 0 Å². The first-order chi connectivity index (χ1) is 8.63. The van der Waals surface area contributed by atoms with E-state index in [0.29, 0.717) is 12.1 Å². The third-order valence-electron chi connectivity index (χ3n) is 2.64. The number of nitrogens with zero attached hydrogens (tertiary/aromatic N) is 4. The number of rotatable bonds is 4. The molecule has 0 radical (unpaired) electrons.